The van der Waals surface area contributed by atoms with Gasteiger partial charge < -0.3 is 5.11 Å². The summed E-state index contributed by atoms with van der Waals surface area (Å²) in [6.07, 6.45) is 1.67. The van der Waals surface area contributed by atoms with Crippen molar-refractivity contribution >= 4 is 73.5 Å². The molecule has 0 radical (unpaired) electrons. The highest BCUT2D eigenvalue weighted by Crippen LogP contribution is 2.34. The molecule has 8 heteroatoms. The van der Waals surface area contributed by atoms with E-state index in [2.05, 4.69) is 15.9 Å². The number of carbonyl (C=O) groups excluding carboxylic acids is 1. The van der Waals surface area contributed by atoms with Crippen LogP contribution in [0.2, 0.25) is 0 Å². The van der Waals surface area contributed by atoms with Gasteiger partial charge in [0.1, 0.15) is 4.32 Å². The molecule has 0 aliphatic carbocycles. The molecular weight excluding hydrogens is 370 g/mol. The second-order valence-corrected chi connectivity index (χ2v) is 7.18. The van der Waals surface area contributed by atoms with Gasteiger partial charge in [0.15, 0.2) is 0 Å². The standard InChI is InChI=1S/C11H8BrNO3S3/c12-6-3-7(18-5-6)4-8-10(16)13(11(17)19-8)2-1-9(14)15/h3-5H,1-2H2,(H,14,15)/b8-4-. The molecule has 1 aliphatic rings. The van der Waals surface area contributed by atoms with Crippen LogP contribution in [-0.2, 0) is 9.59 Å². The first-order valence-electron chi connectivity index (χ1n) is 5.18. The van der Waals surface area contributed by atoms with Gasteiger partial charge in [-0.25, -0.2) is 0 Å². The lowest BCUT2D eigenvalue weighted by molar-refractivity contribution is -0.137. The lowest BCUT2D eigenvalue weighted by Crippen LogP contribution is -2.30. The molecule has 1 saturated heterocycles. The monoisotopic (exact) mass is 377 g/mol. The first kappa shape index (κ1) is 14.7. The molecule has 0 aromatic carbocycles. The van der Waals surface area contributed by atoms with Crippen LogP contribution in [-0.4, -0.2) is 32.7 Å². The van der Waals surface area contributed by atoms with Crippen LogP contribution in [0, 0.1) is 0 Å². The Morgan fingerprint density at radius 1 is 1.58 bits per heavy atom. The van der Waals surface area contributed by atoms with Gasteiger partial charge in [-0.05, 0) is 28.1 Å². The molecule has 0 spiro atoms. The Morgan fingerprint density at radius 3 is 2.89 bits per heavy atom. The van der Waals surface area contributed by atoms with Crippen LogP contribution in [0.3, 0.4) is 0 Å². The third-order valence-electron chi connectivity index (χ3n) is 2.28. The van der Waals surface area contributed by atoms with Crippen LogP contribution < -0.4 is 0 Å². The van der Waals surface area contributed by atoms with Crippen molar-refractivity contribution in [1.82, 2.24) is 4.90 Å². The van der Waals surface area contributed by atoms with E-state index in [0.717, 1.165) is 9.35 Å². The summed E-state index contributed by atoms with van der Waals surface area (Å²) in [4.78, 5) is 25.4. The van der Waals surface area contributed by atoms with Crippen molar-refractivity contribution in [3.05, 3.63) is 25.7 Å². The van der Waals surface area contributed by atoms with Crippen LogP contribution in [0.25, 0.3) is 6.08 Å². The Labute approximate surface area is 131 Å². The van der Waals surface area contributed by atoms with Gasteiger partial charge in [0.05, 0.1) is 11.3 Å². The smallest absolute Gasteiger partial charge is 0.305 e. The molecule has 1 fully saturated rings. The SMILES string of the molecule is O=C(O)CCN1C(=O)/C(=C/c2cc(Br)cs2)SC1=S. The highest BCUT2D eigenvalue weighted by Gasteiger charge is 2.32. The highest BCUT2D eigenvalue weighted by molar-refractivity contribution is 9.10. The number of thiocarbonyl (C=S) groups is 1. The second-order valence-electron chi connectivity index (χ2n) is 3.64. The van der Waals surface area contributed by atoms with Gasteiger partial charge in [-0.2, -0.15) is 0 Å². The average Bonchev–Trinajstić information content (AvgIpc) is 2.83. The van der Waals surface area contributed by atoms with Crippen molar-refractivity contribution in [2.45, 2.75) is 6.42 Å². The lowest BCUT2D eigenvalue weighted by Gasteiger charge is -2.12. The summed E-state index contributed by atoms with van der Waals surface area (Å²) >= 11 is 11.2. The molecule has 0 unspecified atom stereocenters. The molecular formula is C11H8BrNO3S3. The summed E-state index contributed by atoms with van der Waals surface area (Å²) in [5.41, 5.74) is 0. The Morgan fingerprint density at radius 2 is 2.32 bits per heavy atom. The summed E-state index contributed by atoms with van der Waals surface area (Å²) < 4.78 is 1.37. The van der Waals surface area contributed by atoms with Gasteiger partial charge in [-0.1, -0.05) is 24.0 Å². The number of amides is 1. The summed E-state index contributed by atoms with van der Waals surface area (Å²) in [7, 11) is 0. The second kappa shape index (κ2) is 6.17. The molecule has 2 rings (SSSR count). The minimum Gasteiger partial charge on any atom is -0.481 e. The highest BCUT2D eigenvalue weighted by atomic mass is 79.9. The van der Waals surface area contributed by atoms with Crippen LogP contribution in [0.4, 0.5) is 0 Å². The van der Waals surface area contributed by atoms with E-state index in [1.165, 1.54) is 28.0 Å². The number of hydrogen-bond donors (Lipinski definition) is 1. The maximum absolute atomic E-state index is 12.1. The Bertz CT molecular complexity index is 581. The minimum absolute atomic E-state index is 0.107. The van der Waals surface area contributed by atoms with Gasteiger partial charge in [0.25, 0.3) is 5.91 Å². The number of thioether (sulfide) groups is 1. The van der Waals surface area contributed by atoms with Gasteiger partial charge >= 0.3 is 5.97 Å². The maximum atomic E-state index is 12.1. The fraction of sp³-hybridized carbons (Fsp3) is 0.182. The Balaban J connectivity index is 2.13. The van der Waals surface area contributed by atoms with Crippen molar-refractivity contribution < 1.29 is 14.7 Å². The topological polar surface area (TPSA) is 57.6 Å². The summed E-state index contributed by atoms with van der Waals surface area (Å²) in [6, 6.07) is 1.91. The van der Waals surface area contributed by atoms with Gasteiger partial charge in [-0.3, -0.25) is 14.5 Å². The number of carbonyl (C=O) groups is 2. The first-order chi connectivity index (χ1) is 8.97. The largest absolute Gasteiger partial charge is 0.481 e. The van der Waals surface area contributed by atoms with Crippen LogP contribution >= 0.6 is 51.2 Å². The van der Waals surface area contributed by atoms with Crippen molar-refractivity contribution in [3.63, 3.8) is 0 Å². The molecule has 19 heavy (non-hydrogen) atoms. The van der Waals surface area contributed by atoms with Crippen molar-refractivity contribution in [2.75, 3.05) is 6.54 Å². The Hall–Kier alpha value is -0.700. The van der Waals surface area contributed by atoms with Crippen molar-refractivity contribution in [1.29, 1.82) is 0 Å². The number of aliphatic carboxylic acids is 1. The van der Waals surface area contributed by atoms with Crippen LogP contribution in [0.5, 0.6) is 0 Å². The number of carboxylic acid groups (broad SMARTS) is 1. The fourth-order valence-corrected chi connectivity index (χ4v) is 4.18. The number of nitrogens with zero attached hydrogens (tertiary/aromatic N) is 1. The van der Waals surface area contributed by atoms with E-state index in [4.69, 9.17) is 17.3 Å². The normalized spacial score (nSPS) is 17.5. The molecule has 1 amide bonds. The Kier molecular flexibility index (Phi) is 4.77. The molecule has 0 atom stereocenters. The van der Waals surface area contributed by atoms with Crippen LogP contribution in [0.15, 0.2) is 20.8 Å². The number of thiophene rings is 1. The quantitative estimate of drug-likeness (QED) is 0.644. The van der Waals surface area contributed by atoms with E-state index in [1.54, 1.807) is 6.08 Å². The first-order valence-corrected chi connectivity index (χ1v) is 8.08. The predicted molar refractivity (Wildman–Crippen MR) is 84.2 cm³/mol. The molecule has 1 aliphatic heterocycles. The number of halogens is 1. The molecule has 100 valence electrons. The van der Waals surface area contributed by atoms with Crippen LogP contribution in [0.1, 0.15) is 11.3 Å². The maximum Gasteiger partial charge on any atom is 0.305 e. The lowest BCUT2D eigenvalue weighted by atomic mass is 10.3. The molecule has 1 aromatic heterocycles. The molecule has 1 aromatic rings. The molecule has 0 saturated carbocycles. The van der Waals surface area contributed by atoms with Crippen molar-refractivity contribution in [3.8, 4) is 0 Å². The van der Waals surface area contributed by atoms with Crippen molar-refractivity contribution in [2.24, 2.45) is 0 Å². The molecule has 1 N–H and O–H groups in total. The number of hydrogen-bond acceptors (Lipinski definition) is 5. The number of rotatable bonds is 4. The van der Waals surface area contributed by atoms with E-state index in [9.17, 15) is 9.59 Å². The zero-order valence-corrected chi connectivity index (χ0v) is 13.5. The van der Waals surface area contributed by atoms with E-state index in [0.29, 0.717) is 9.23 Å². The van der Waals surface area contributed by atoms with E-state index < -0.39 is 5.97 Å². The van der Waals surface area contributed by atoms with E-state index in [-0.39, 0.29) is 18.9 Å². The fourth-order valence-electron chi connectivity index (χ4n) is 1.43. The predicted octanol–water partition coefficient (Wildman–Crippen LogP) is 3.19. The molecule has 0 bridgehead atoms. The van der Waals surface area contributed by atoms with Gasteiger partial charge in [0, 0.05) is 21.3 Å². The third kappa shape index (κ3) is 3.65. The minimum atomic E-state index is -0.944. The zero-order valence-electron chi connectivity index (χ0n) is 9.46. The van der Waals surface area contributed by atoms with E-state index >= 15 is 0 Å². The summed E-state index contributed by atoms with van der Waals surface area (Å²) in [5, 5.41) is 10.6. The van der Waals surface area contributed by atoms with Gasteiger partial charge in [-0.15, -0.1) is 11.3 Å². The average molecular weight is 378 g/mol. The van der Waals surface area contributed by atoms with E-state index in [1.807, 2.05) is 11.4 Å². The van der Waals surface area contributed by atoms with Gasteiger partial charge in [0.2, 0.25) is 0 Å². The third-order valence-corrected chi connectivity index (χ3v) is 5.30. The number of carboxylic acids is 1. The molecule has 2 heterocycles. The summed E-state index contributed by atoms with van der Waals surface area (Å²) in [6.45, 7) is 0.117. The molecule has 4 nitrogen and oxygen atoms in total. The zero-order chi connectivity index (χ0) is 14.0. The summed E-state index contributed by atoms with van der Waals surface area (Å²) in [5.74, 6) is -1.17.